The summed E-state index contributed by atoms with van der Waals surface area (Å²) in [6.07, 6.45) is 1.56. The van der Waals surface area contributed by atoms with Crippen molar-refractivity contribution in [3.8, 4) is 0 Å². The van der Waals surface area contributed by atoms with E-state index in [-0.39, 0.29) is 17.8 Å². The van der Waals surface area contributed by atoms with Gasteiger partial charge in [-0.1, -0.05) is 43.6 Å². The van der Waals surface area contributed by atoms with Crippen molar-refractivity contribution in [3.05, 3.63) is 76.5 Å². The second-order valence-electron chi connectivity index (χ2n) is 6.78. The molecule has 0 aliphatic carbocycles. The van der Waals surface area contributed by atoms with Gasteiger partial charge in [-0.05, 0) is 35.9 Å². The van der Waals surface area contributed by atoms with Crippen LogP contribution in [-0.2, 0) is 14.9 Å². The lowest BCUT2D eigenvalue weighted by Gasteiger charge is -2.23. The third kappa shape index (κ3) is 3.37. The van der Waals surface area contributed by atoms with Crippen molar-refractivity contribution in [2.45, 2.75) is 19.3 Å². The highest BCUT2D eigenvalue weighted by atomic mass is 35.5. The van der Waals surface area contributed by atoms with E-state index in [2.05, 4.69) is 19.9 Å². The van der Waals surface area contributed by atoms with Gasteiger partial charge in [-0.3, -0.25) is 4.79 Å². The summed E-state index contributed by atoms with van der Waals surface area (Å²) in [5.41, 5.74) is 3.20. The molecule has 0 saturated heterocycles. The number of para-hydroxylation sites is 1. The third-order valence-electron chi connectivity index (χ3n) is 4.66. The molecule has 0 atom stereocenters. The summed E-state index contributed by atoms with van der Waals surface area (Å²) >= 11 is 5.80. The second kappa shape index (κ2) is 6.96. The standard InChI is InChI=1S/C21H20ClNO3/c1-21(2)17-6-4-5-7-18(17)23(3)19(21)12-16(24)13-26-20(25)14-8-10-15(22)11-9-14/h4-12H,13H2,1-3H3. The number of hydrogen-bond donors (Lipinski definition) is 0. The Bertz CT molecular complexity index is 884. The van der Waals surface area contributed by atoms with E-state index < -0.39 is 5.97 Å². The molecule has 2 aromatic rings. The van der Waals surface area contributed by atoms with E-state index in [0.29, 0.717) is 10.6 Å². The highest BCUT2D eigenvalue weighted by Gasteiger charge is 2.38. The molecule has 0 aromatic heterocycles. The van der Waals surface area contributed by atoms with Crippen molar-refractivity contribution in [3.63, 3.8) is 0 Å². The molecule has 5 heteroatoms. The number of fused-ring (bicyclic) bond motifs is 1. The normalized spacial score (nSPS) is 16.5. The molecule has 0 bridgehead atoms. The minimum Gasteiger partial charge on any atom is -0.454 e. The fourth-order valence-corrected chi connectivity index (χ4v) is 3.39. The summed E-state index contributed by atoms with van der Waals surface area (Å²) in [6, 6.07) is 14.4. The van der Waals surface area contributed by atoms with Gasteiger partial charge < -0.3 is 9.64 Å². The Morgan fingerprint density at radius 2 is 1.77 bits per heavy atom. The first-order valence-electron chi connectivity index (χ1n) is 8.31. The maximum absolute atomic E-state index is 12.4. The number of carbonyl (C=O) groups excluding carboxylic acids is 2. The van der Waals surface area contributed by atoms with Crippen molar-refractivity contribution in [2.75, 3.05) is 18.6 Å². The summed E-state index contributed by atoms with van der Waals surface area (Å²) in [6.45, 7) is 3.85. The molecule has 3 rings (SSSR count). The van der Waals surface area contributed by atoms with E-state index >= 15 is 0 Å². The van der Waals surface area contributed by atoms with Gasteiger partial charge in [0.1, 0.15) is 0 Å². The van der Waals surface area contributed by atoms with Gasteiger partial charge >= 0.3 is 5.97 Å². The van der Waals surface area contributed by atoms with Crippen LogP contribution >= 0.6 is 11.6 Å². The van der Waals surface area contributed by atoms with Gasteiger partial charge in [0.05, 0.1) is 5.56 Å². The number of rotatable bonds is 4. The van der Waals surface area contributed by atoms with Crippen LogP contribution in [0.3, 0.4) is 0 Å². The summed E-state index contributed by atoms with van der Waals surface area (Å²) < 4.78 is 5.13. The first-order valence-corrected chi connectivity index (χ1v) is 8.69. The average Bonchev–Trinajstić information content (AvgIpc) is 2.81. The van der Waals surface area contributed by atoms with Gasteiger partial charge in [0.25, 0.3) is 0 Å². The highest BCUT2D eigenvalue weighted by Crippen LogP contribution is 2.46. The number of allylic oxidation sites excluding steroid dienone is 1. The molecule has 0 saturated carbocycles. The first kappa shape index (κ1) is 18.2. The molecule has 0 spiro atoms. The number of benzene rings is 2. The van der Waals surface area contributed by atoms with Crippen LogP contribution in [0.25, 0.3) is 0 Å². The molecule has 1 aliphatic heterocycles. The molecule has 4 nitrogen and oxygen atoms in total. The van der Waals surface area contributed by atoms with Crippen molar-refractivity contribution in [1.29, 1.82) is 0 Å². The Labute approximate surface area is 158 Å². The topological polar surface area (TPSA) is 46.6 Å². The van der Waals surface area contributed by atoms with E-state index in [1.807, 2.05) is 30.1 Å². The van der Waals surface area contributed by atoms with Crippen LogP contribution in [-0.4, -0.2) is 25.4 Å². The molecule has 2 aromatic carbocycles. The van der Waals surface area contributed by atoms with Crippen LogP contribution in [0, 0.1) is 0 Å². The summed E-state index contributed by atoms with van der Waals surface area (Å²) in [5.74, 6) is -0.800. The zero-order chi connectivity index (χ0) is 18.9. The van der Waals surface area contributed by atoms with Crippen molar-refractivity contribution < 1.29 is 14.3 Å². The molecular weight excluding hydrogens is 350 g/mol. The van der Waals surface area contributed by atoms with E-state index in [0.717, 1.165) is 11.4 Å². The lowest BCUT2D eigenvalue weighted by Crippen LogP contribution is -2.25. The molecule has 0 radical (unpaired) electrons. The van der Waals surface area contributed by atoms with Gasteiger partial charge in [0.2, 0.25) is 0 Å². The average molecular weight is 370 g/mol. The fraction of sp³-hybridized carbons (Fsp3) is 0.238. The van der Waals surface area contributed by atoms with Crippen LogP contribution in [0.4, 0.5) is 5.69 Å². The SMILES string of the molecule is CN1C(=CC(=O)COC(=O)c2ccc(Cl)cc2)C(C)(C)c2ccccc21. The molecular formula is C21H20ClNO3. The molecule has 0 fully saturated rings. The van der Waals surface area contributed by atoms with Crippen molar-refractivity contribution in [2.24, 2.45) is 0 Å². The lowest BCUT2D eigenvalue weighted by molar-refractivity contribution is -0.117. The number of anilines is 1. The van der Waals surface area contributed by atoms with Crippen LogP contribution in [0.15, 0.2) is 60.3 Å². The molecule has 1 aliphatic rings. The van der Waals surface area contributed by atoms with E-state index in [4.69, 9.17) is 16.3 Å². The van der Waals surface area contributed by atoms with Gasteiger partial charge in [0.15, 0.2) is 12.4 Å². The predicted octanol–water partition coefficient (Wildman–Crippen LogP) is 4.38. The van der Waals surface area contributed by atoms with Crippen LogP contribution in [0.1, 0.15) is 29.8 Å². The summed E-state index contributed by atoms with van der Waals surface area (Å²) in [5, 5.41) is 0.536. The zero-order valence-electron chi connectivity index (χ0n) is 15.0. The predicted molar refractivity (Wildman–Crippen MR) is 103 cm³/mol. The monoisotopic (exact) mass is 369 g/mol. The Hall–Kier alpha value is -2.59. The van der Waals surface area contributed by atoms with Gasteiger partial charge in [-0.25, -0.2) is 4.79 Å². The van der Waals surface area contributed by atoms with Gasteiger partial charge in [-0.15, -0.1) is 0 Å². The van der Waals surface area contributed by atoms with E-state index in [1.165, 1.54) is 5.56 Å². The lowest BCUT2D eigenvalue weighted by atomic mass is 9.83. The van der Waals surface area contributed by atoms with Crippen LogP contribution < -0.4 is 4.90 Å². The Morgan fingerprint density at radius 1 is 1.12 bits per heavy atom. The van der Waals surface area contributed by atoms with E-state index in [9.17, 15) is 9.59 Å². The maximum Gasteiger partial charge on any atom is 0.338 e. The highest BCUT2D eigenvalue weighted by molar-refractivity contribution is 6.30. The summed E-state index contributed by atoms with van der Waals surface area (Å²) in [4.78, 5) is 26.4. The molecule has 0 unspecified atom stereocenters. The summed E-state index contributed by atoms with van der Waals surface area (Å²) in [7, 11) is 1.94. The quantitative estimate of drug-likeness (QED) is 0.592. The largest absolute Gasteiger partial charge is 0.454 e. The van der Waals surface area contributed by atoms with Gasteiger partial charge in [0, 0.05) is 34.9 Å². The smallest absolute Gasteiger partial charge is 0.338 e. The number of esters is 1. The number of carbonyl (C=O) groups is 2. The number of likely N-dealkylation sites (N-methyl/N-ethyl adjacent to an activating group) is 1. The molecule has 26 heavy (non-hydrogen) atoms. The van der Waals surface area contributed by atoms with Crippen LogP contribution in [0.5, 0.6) is 0 Å². The van der Waals surface area contributed by atoms with Crippen LogP contribution in [0.2, 0.25) is 5.02 Å². The molecule has 0 amide bonds. The Balaban J connectivity index is 1.71. The number of ketones is 1. The van der Waals surface area contributed by atoms with Crippen molar-refractivity contribution in [1.82, 2.24) is 0 Å². The number of halogens is 1. The fourth-order valence-electron chi connectivity index (χ4n) is 3.26. The molecule has 0 N–H and O–H groups in total. The Kier molecular flexibility index (Phi) is 4.88. The first-order chi connectivity index (χ1) is 12.3. The zero-order valence-corrected chi connectivity index (χ0v) is 15.7. The Morgan fingerprint density at radius 3 is 2.42 bits per heavy atom. The number of ether oxygens (including phenoxy) is 1. The van der Waals surface area contributed by atoms with Crippen molar-refractivity contribution >= 4 is 29.0 Å². The minimum absolute atomic E-state index is 0.255. The van der Waals surface area contributed by atoms with Gasteiger partial charge in [-0.2, -0.15) is 0 Å². The third-order valence-corrected chi connectivity index (χ3v) is 4.92. The number of hydrogen-bond acceptors (Lipinski definition) is 4. The second-order valence-corrected chi connectivity index (χ2v) is 7.22. The minimum atomic E-state index is -0.546. The molecule has 134 valence electrons. The van der Waals surface area contributed by atoms with E-state index in [1.54, 1.807) is 30.3 Å². The molecule has 1 heterocycles. The number of nitrogens with zero attached hydrogens (tertiary/aromatic N) is 1. The maximum atomic E-state index is 12.4.